The highest BCUT2D eigenvalue weighted by Gasteiger charge is 2.43. The third-order valence-corrected chi connectivity index (χ3v) is 4.98. The van der Waals surface area contributed by atoms with E-state index in [0.717, 1.165) is 49.1 Å². The van der Waals surface area contributed by atoms with Crippen molar-refractivity contribution < 1.29 is 9.18 Å². The Hall–Kier alpha value is -2.49. The quantitative estimate of drug-likeness (QED) is 0.899. The van der Waals surface area contributed by atoms with Crippen LogP contribution in [0.15, 0.2) is 53.5 Å². The van der Waals surface area contributed by atoms with E-state index in [-0.39, 0.29) is 11.7 Å². The van der Waals surface area contributed by atoms with E-state index >= 15 is 0 Å². The van der Waals surface area contributed by atoms with Gasteiger partial charge in [-0.15, -0.1) is 0 Å². The molecule has 2 aromatic rings. The van der Waals surface area contributed by atoms with Crippen LogP contribution in [0, 0.1) is 5.82 Å². The topological polar surface area (TPSA) is 41.5 Å². The lowest BCUT2D eigenvalue weighted by Gasteiger charge is -2.29. The van der Waals surface area contributed by atoms with Crippen LogP contribution in [-0.4, -0.2) is 23.7 Å². The first kappa shape index (κ1) is 15.1. The average molecular weight is 322 g/mol. The molecule has 2 aliphatic rings. The summed E-state index contributed by atoms with van der Waals surface area (Å²) >= 11 is 0. The maximum Gasteiger partial charge on any atom is 0.247 e. The highest BCUT2D eigenvalue weighted by molar-refractivity contribution is 6.06. The number of hydrogen-bond donors (Lipinski definition) is 1. The molecule has 3 nitrogen and oxygen atoms in total. The molecule has 0 aromatic heterocycles. The second-order valence-corrected chi connectivity index (χ2v) is 6.51. The Morgan fingerprint density at radius 1 is 1.04 bits per heavy atom. The first-order valence-corrected chi connectivity index (χ1v) is 8.40. The summed E-state index contributed by atoms with van der Waals surface area (Å²) in [5.74, 6) is -0.180. The fourth-order valence-electron chi connectivity index (χ4n) is 3.67. The summed E-state index contributed by atoms with van der Waals surface area (Å²) in [7, 11) is 0. The average Bonchev–Trinajstić information content (AvgIpc) is 3.03. The van der Waals surface area contributed by atoms with Gasteiger partial charge >= 0.3 is 0 Å². The number of aliphatic imine (C=N–C) groups is 1. The number of amides is 1. The third-order valence-electron chi connectivity index (χ3n) is 4.98. The van der Waals surface area contributed by atoms with Crippen molar-refractivity contribution in [3.05, 3.63) is 59.9 Å². The number of piperidine rings is 1. The standard InChI is InChI=1S/C20H19FN2O/c21-17-8-2-1-7-16(17)14-5-3-6-15(13-14)18-9-11-20(23-18)10-4-12-22-19(20)24/h1-3,5-8,13H,4,9-12H2,(H,22,24). The number of nitrogens with one attached hydrogen (secondary N) is 1. The highest BCUT2D eigenvalue weighted by atomic mass is 19.1. The van der Waals surface area contributed by atoms with E-state index in [0.29, 0.717) is 5.56 Å². The van der Waals surface area contributed by atoms with Crippen LogP contribution in [0.1, 0.15) is 31.2 Å². The van der Waals surface area contributed by atoms with Crippen LogP contribution in [0.5, 0.6) is 0 Å². The molecule has 2 aromatic carbocycles. The van der Waals surface area contributed by atoms with E-state index in [1.807, 2.05) is 30.3 Å². The Morgan fingerprint density at radius 3 is 2.71 bits per heavy atom. The molecule has 1 atom stereocenters. The van der Waals surface area contributed by atoms with Crippen LogP contribution in [-0.2, 0) is 4.79 Å². The normalized spacial score (nSPS) is 23.2. The molecule has 0 aliphatic carbocycles. The molecule has 2 aliphatic heterocycles. The van der Waals surface area contributed by atoms with Crippen molar-refractivity contribution in [3.63, 3.8) is 0 Å². The van der Waals surface area contributed by atoms with Gasteiger partial charge in [0, 0.05) is 17.8 Å². The lowest BCUT2D eigenvalue weighted by Crippen LogP contribution is -2.48. The zero-order valence-electron chi connectivity index (χ0n) is 13.4. The molecule has 122 valence electrons. The number of rotatable bonds is 2. The van der Waals surface area contributed by atoms with Gasteiger partial charge < -0.3 is 5.32 Å². The third kappa shape index (κ3) is 2.52. The lowest BCUT2D eigenvalue weighted by molar-refractivity contribution is -0.127. The fraction of sp³-hybridized carbons (Fsp3) is 0.300. The van der Waals surface area contributed by atoms with E-state index in [4.69, 9.17) is 4.99 Å². The van der Waals surface area contributed by atoms with Gasteiger partial charge in [-0.05, 0) is 48.9 Å². The first-order valence-electron chi connectivity index (χ1n) is 8.40. The number of carbonyl (C=O) groups excluding carboxylic acids is 1. The summed E-state index contributed by atoms with van der Waals surface area (Å²) in [6, 6.07) is 14.6. The number of hydrogen-bond acceptors (Lipinski definition) is 2. The Balaban J connectivity index is 1.70. The maximum atomic E-state index is 14.0. The summed E-state index contributed by atoms with van der Waals surface area (Å²) in [4.78, 5) is 17.1. The van der Waals surface area contributed by atoms with Crippen LogP contribution >= 0.6 is 0 Å². The highest BCUT2D eigenvalue weighted by Crippen LogP contribution is 2.35. The SMILES string of the molecule is O=C1NCCCC12CCC(c1cccc(-c3ccccc3F)c1)=N2. The molecule has 0 saturated carbocycles. The number of nitrogens with zero attached hydrogens (tertiary/aromatic N) is 1. The molecule has 0 radical (unpaired) electrons. The summed E-state index contributed by atoms with van der Waals surface area (Å²) in [6.45, 7) is 0.744. The zero-order chi connectivity index (χ0) is 16.6. The van der Waals surface area contributed by atoms with Gasteiger partial charge in [0.25, 0.3) is 0 Å². The van der Waals surface area contributed by atoms with Crippen LogP contribution in [0.2, 0.25) is 0 Å². The van der Waals surface area contributed by atoms with E-state index in [2.05, 4.69) is 5.32 Å². The van der Waals surface area contributed by atoms with Crippen molar-refractivity contribution in [1.82, 2.24) is 5.32 Å². The van der Waals surface area contributed by atoms with E-state index in [9.17, 15) is 9.18 Å². The Kier molecular flexibility index (Phi) is 3.68. The number of benzene rings is 2. The van der Waals surface area contributed by atoms with Gasteiger partial charge in [-0.25, -0.2) is 4.39 Å². The number of carbonyl (C=O) groups is 1. The summed E-state index contributed by atoms with van der Waals surface area (Å²) in [5, 5.41) is 2.94. The molecule has 2 heterocycles. The molecule has 24 heavy (non-hydrogen) atoms. The molecule has 4 heteroatoms. The van der Waals surface area contributed by atoms with Crippen LogP contribution in [0.4, 0.5) is 4.39 Å². The van der Waals surface area contributed by atoms with Crippen molar-refractivity contribution in [2.75, 3.05) is 6.54 Å². The van der Waals surface area contributed by atoms with Crippen LogP contribution in [0.25, 0.3) is 11.1 Å². The predicted octanol–water partition coefficient (Wildman–Crippen LogP) is 3.72. The molecular formula is C20H19FN2O. The van der Waals surface area contributed by atoms with Crippen molar-refractivity contribution in [2.24, 2.45) is 4.99 Å². The van der Waals surface area contributed by atoms with Gasteiger partial charge in [0.15, 0.2) is 0 Å². The van der Waals surface area contributed by atoms with Gasteiger partial charge in [0.05, 0.1) is 0 Å². The zero-order valence-corrected chi connectivity index (χ0v) is 13.4. The van der Waals surface area contributed by atoms with Gasteiger partial charge in [-0.3, -0.25) is 9.79 Å². The van der Waals surface area contributed by atoms with Gasteiger partial charge in [-0.2, -0.15) is 0 Å². The van der Waals surface area contributed by atoms with Crippen molar-refractivity contribution >= 4 is 11.6 Å². The van der Waals surface area contributed by atoms with E-state index < -0.39 is 5.54 Å². The molecule has 1 fully saturated rings. The van der Waals surface area contributed by atoms with Crippen LogP contribution in [0.3, 0.4) is 0 Å². The monoisotopic (exact) mass is 322 g/mol. The van der Waals surface area contributed by atoms with Crippen LogP contribution < -0.4 is 5.32 Å². The fourth-order valence-corrected chi connectivity index (χ4v) is 3.67. The van der Waals surface area contributed by atoms with Crippen molar-refractivity contribution in [3.8, 4) is 11.1 Å². The van der Waals surface area contributed by atoms with E-state index in [1.165, 1.54) is 6.07 Å². The molecule has 1 unspecified atom stereocenters. The van der Waals surface area contributed by atoms with Gasteiger partial charge in [-0.1, -0.05) is 36.4 Å². The molecule has 1 spiro atoms. The predicted molar refractivity (Wildman–Crippen MR) is 92.6 cm³/mol. The largest absolute Gasteiger partial charge is 0.354 e. The second-order valence-electron chi connectivity index (χ2n) is 6.51. The summed E-state index contributed by atoms with van der Waals surface area (Å²) in [5.41, 5.74) is 2.77. The molecule has 1 saturated heterocycles. The van der Waals surface area contributed by atoms with E-state index in [1.54, 1.807) is 12.1 Å². The minimum atomic E-state index is -0.582. The molecule has 0 bridgehead atoms. The minimum absolute atomic E-state index is 0.0500. The van der Waals surface area contributed by atoms with Crippen molar-refractivity contribution in [1.29, 1.82) is 0 Å². The molecule has 1 N–H and O–H groups in total. The number of halogens is 1. The first-order chi connectivity index (χ1) is 11.7. The Morgan fingerprint density at radius 2 is 1.88 bits per heavy atom. The Bertz CT molecular complexity index is 830. The smallest absolute Gasteiger partial charge is 0.247 e. The van der Waals surface area contributed by atoms with Crippen molar-refractivity contribution in [2.45, 2.75) is 31.2 Å². The molecule has 1 amide bonds. The van der Waals surface area contributed by atoms with Gasteiger partial charge in [0.2, 0.25) is 5.91 Å². The minimum Gasteiger partial charge on any atom is -0.354 e. The summed E-state index contributed by atoms with van der Waals surface area (Å²) in [6.07, 6.45) is 3.33. The summed E-state index contributed by atoms with van der Waals surface area (Å²) < 4.78 is 14.0. The van der Waals surface area contributed by atoms with Gasteiger partial charge in [0.1, 0.15) is 11.4 Å². The maximum absolute atomic E-state index is 14.0. The molecular weight excluding hydrogens is 303 g/mol. The second kappa shape index (κ2) is 5.86. The Labute approximate surface area is 140 Å². The molecule has 4 rings (SSSR count). The lowest BCUT2D eigenvalue weighted by atomic mass is 9.87.